The van der Waals surface area contributed by atoms with Gasteiger partial charge in [0.15, 0.2) is 0 Å². The average molecular weight is 232 g/mol. The first-order valence-electron chi connectivity index (χ1n) is 5.34. The molecule has 0 saturated heterocycles. The highest BCUT2D eigenvalue weighted by Gasteiger charge is 2.00. The van der Waals surface area contributed by atoms with Crippen LogP contribution < -0.4 is 5.32 Å². The quantitative estimate of drug-likeness (QED) is 0.849. The molecule has 1 aromatic heterocycles. The smallest absolute Gasteiger partial charge is 0.133 e. The highest BCUT2D eigenvalue weighted by Crippen LogP contribution is 2.07. The fourth-order valence-electron chi connectivity index (χ4n) is 1.49. The lowest BCUT2D eigenvalue weighted by atomic mass is 10.2. The van der Waals surface area contributed by atoms with Gasteiger partial charge in [-0.15, -0.1) is 0 Å². The molecule has 0 aliphatic carbocycles. The van der Waals surface area contributed by atoms with Gasteiger partial charge in [0.25, 0.3) is 0 Å². The summed E-state index contributed by atoms with van der Waals surface area (Å²) in [5, 5.41) is 12.2. The SMILES string of the molecule is Oc1ccc(CNCc2ccccc2F)nc1. The summed E-state index contributed by atoms with van der Waals surface area (Å²) in [6.45, 7) is 0.990. The molecule has 0 amide bonds. The van der Waals surface area contributed by atoms with E-state index < -0.39 is 0 Å². The summed E-state index contributed by atoms with van der Waals surface area (Å²) in [5.74, 6) is -0.0680. The van der Waals surface area contributed by atoms with E-state index in [1.165, 1.54) is 12.3 Å². The minimum atomic E-state index is -0.210. The first-order chi connectivity index (χ1) is 8.25. The molecule has 2 rings (SSSR count). The second kappa shape index (κ2) is 5.41. The van der Waals surface area contributed by atoms with Crippen LogP contribution in [-0.4, -0.2) is 10.1 Å². The van der Waals surface area contributed by atoms with Crippen LogP contribution in [0.2, 0.25) is 0 Å². The molecule has 17 heavy (non-hydrogen) atoms. The van der Waals surface area contributed by atoms with E-state index in [0.717, 1.165) is 5.69 Å². The zero-order valence-corrected chi connectivity index (χ0v) is 9.23. The lowest BCUT2D eigenvalue weighted by Gasteiger charge is -2.05. The van der Waals surface area contributed by atoms with E-state index in [9.17, 15) is 4.39 Å². The zero-order chi connectivity index (χ0) is 12.1. The number of aromatic nitrogens is 1. The van der Waals surface area contributed by atoms with E-state index in [1.54, 1.807) is 30.3 Å². The Labute approximate surface area is 98.9 Å². The van der Waals surface area contributed by atoms with Crippen molar-refractivity contribution in [2.75, 3.05) is 0 Å². The molecule has 2 aromatic rings. The van der Waals surface area contributed by atoms with Crippen LogP contribution in [0.25, 0.3) is 0 Å². The lowest BCUT2D eigenvalue weighted by molar-refractivity contribution is 0.471. The Morgan fingerprint density at radius 3 is 2.65 bits per heavy atom. The summed E-state index contributed by atoms with van der Waals surface area (Å²) in [6, 6.07) is 9.96. The summed E-state index contributed by atoms with van der Waals surface area (Å²) in [7, 11) is 0. The largest absolute Gasteiger partial charge is 0.506 e. The number of aromatic hydroxyl groups is 1. The summed E-state index contributed by atoms with van der Waals surface area (Å²) >= 11 is 0. The minimum absolute atomic E-state index is 0.142. The van der Waals surface area contributed by atoms with Crippen molar-refractivity contribution in [1.82, 2.24) is 10.3 Å². The molecule has 3 nitrogen and oxygen atoms in total. The molecule has 0 fully saturated rings. The van der Waals surface area contributed by atoms with Crippen LogP contribution in [0.15, 0.2) is 42.6 Å². The molecule has 0 spiro atoms. The molecule has 4 heteroatoms. The number of pyridine rings is 1. The van der Waals surface area contributed by atoms with Gasteiger partial charge in [-0.3, -0.25) is 4.98 Å². The van der Waals surface area contributed by atoms with Crippen molar-refractivity contribution in [3.8, 4) is 5.75 Å². The average Bonchev–Trinajstić information content (AvgIpc) is 2.34. The summed E-state index contributed by atoms with van der Waals surface area (Å²) in [5.41, 5.74) is 1.44. The van der Waals surface area contributed by atoms with Crippen LogP contribution in [0.3, 0.4) is 0 Å². The molecule has 0 radical (unpaired) electrons. The number of benzene rings is 1. The Bertz CT molecular complexity index is 485. The molecule has 0 aliphatic heterocycles. The number of rotatable bonds is 4. The third-order valence-corrected chi connectivity index (χ3v) is 2.39. The van der Waals surface area contributed by atoms with Gasteiger partial charge in [0.2, 0.25) is 0 Å². The van der Waals surface area contributed by atoms with E-state index in [1.807, 2.05) is 0 Å². The molecule has 0 saturated carbocycles. The van der Waals surface area contributed by atoms with E-state index >= 15 is 0 Å². The van der Waals surface area contributed by atoms with Crippen LogP contribution in [0.4, 0.5) is 4.39 Å². The van der Waals surface area contributed by atoms with Crippen molar-refractivity contribution >= 4 is 0 Å². The molecule has 0 unspecified atom stereocenters. The predicted molar refractivity (Wildman–Crippen MR) is 62.8 cm³/mol. The second-order valence-electron chi connectivity index (χ2n) is 3.70. The number of nitrogens with one attached hydrogen (secondary N) is 1. The van der Waals surface area contributed by atoms with Crippen molar-refractivity contribution < 1.29 is 9.50 Å². The van der Waals surface area contributed by atoms with Gasteiger partial charge in [0, 0.05) is 18.7 Å². The lowest BCUT2D eigenvalue weighted by Crippen LogP contribution is -2.14. The molecule has 0 atom stereocenters. The van der Waals surface area contributed by atoms with Crippen LogP contribution in [0.1, 0.15) is 11.3 Å². The van der Waals surface area contributed by atoms with Gasteiger partial charge in [-0.25, -0.2) is 4.39 Å². The molecule has 0 aliphatic rings. The highest BCUT2D eigenvalue weighted by atomic mass is 19.1. The van der Waals surface area contributed by atoms with E-state index in [4.69, 9.17) is 5.11 Å². The maximum atomic E-state index is 13.3. The summed E-state index contributed by atoms with van der Waals surface area (Å²) in [4.78, 5) is 4.03. The van der Waals surface area contributed by atoms with Gasteiger partial charge < -0.3 is 10.4 Å². The normalized spacial score (nSPS) is 10.4. The first-order valence-corrected chi connectivity index (χ1v) is 5.34. The van der Waals surface area contributed by atoms with Gasteiger partial charge in [-0.05, 0) is 18.2 Å². The fourth-order valence-corrected chi connectivity index (χ4v) is 1.49. The zero-order valence-electron chi connectivity index (χ0n) is 9.23. The fraction of sp³-hybridized carbons (Fsp3) is 0.154. The third-order valence-electron chi connectivity index (χ3n) is 2.39. The van der Waals surface area contributed by atoms with Gasteiger partial charge in [0.05, 0.1) is 11.9 Å². The number of nitrogens with zero attached hydrogens (tertiary/aromatic N) is 1. The molecule has 88 valence electrons. The van der Waals surface area contributed by atoms with Crippen molar-refractivity contribution in [3.05, 3.63) is 59.7 Å². The highest BCUT2D eigenvalue weighted by molar-refractivity contribution is 5.19. The Hall–Kier alpha value is -1.94. The molecule has 2 N–H and O–H groups in total. The van der Waals surface area contributed by atoms with Gasteiger partial charge in [-0.1, -0.05) is 18.2 Å². The maximum absolute atomic E-state index is 13.3. The maximum Gasteiger partial charge on any atom is 0.133 e. The number of hydrogen-bond acceptors (Lipinski definition) is 3. The molecule has 0 bridgehead atoms. The van der Waals surface area contributed by atoms with Gasteiger partial charge in [-0.2, -0.15) is 0 Å². The van der Waals surface area contributed by atoms with Crippen molar-refractivity contribution in [2.24, 2.45) is 0 Å². The topological polar surface area (TPSA) is 45.1 Å². The summed E-state index contributed by atoms with van der Waals surface area (Å²) in [6.07, 6.45) is 1.39. The monoisotopic (exact) mass is 232 g/mol. The van der Waals surface area contributed by atoms with Crippen LogP contribution in [-0.2, 0) is 13.1 Å². The standard InChI is InChI=1S/C13H13FN2O/c14-13-4-2-1-3-10(13)7-15-8-11-5-6-12(17)9-16-11/h1-6,9,15,17H,7-8H2. The predicted octanol–water partition coefficient (Wildman–Crippen LogP) is 2.22. The molecular formula is C13H13FN2O. The molecule has 1 heterocycles. The Morgan fingerprint density at radius 1 is 1.12 bits per heavy atom. The van der Waals surface area contributed by atoms with Crippen LogP contribution in [0, 0.1) is 5.82 Å². The van der Waals surface area contributed by atoms with E-state index in [-0.39, 0.29) is 11.6 Å². The van der Waals surface area contributed by atoms with Gasteiger partial charge >= 0.3 is 0 Å². The number of halogens is 1. The molecule has 1 aromatic carbocycles. The Balaban J connectivity index is 1.88. The molecular weight excluding hydrogens is 219 g/mol. The number of hydrogen-bond donors (Lipinski definition) is 2. The van der Waals surface area contributed by atoms with E-state index in [0.29, 0.717) is 18.7 Å². The van der Waals surface area contributed by atoms with Crippen LogP contribution >= 0.6 is 0 Å². The van der Waals surface area contributed by atoms with E-state index in [2.05, 4.69) is 10.3 Å². The Kier molecular flexibility index (Phi) is 3.67. The van der Waals surface area contributed by atoms with Crippen LogP contribution in [0.5, 0.6) is 5.75 Å². The van der Waals surface area contributed by atoms with Gasteiger partial charge in [0.1, 0.15) is 11.6 Å². The Morgan fingerprint density at radius 2 is 1.94 bits per heavy atom. The van der Waals surface area contributed by atoms with Crippen molar-refractivity contribution in [3.63, 3.8) is 0 Å². The first kappa shape index (κ1) is 11.5. The third kappa shape index (κ3) is 3.26. The summed E-state index contributed by atoms with van der Waals surface area (Å²) < 4.78 is 13.3. The second-order valence-corrected chi connectivity index (χ2v) is 3.70. The minimum Gasteiger partial charge on any atom is -0.506 e. The van der Waals surface area contributed by atoms with Crippen molar-refractivity contribution in [1.29, 1.82) is 0 Å². The van der Waals surface area contributed by atoms with Crippen molar-refractivity contribution in [2.45, 2.75) is 13.1 Å².